The monoisotopic (exact) mass is 380 g/mol. The normalized spacial score (nSPS) is 17.1. The molecule has 0 aromatic carbocycles. The summed E-state index contributed by atoms with van der Waals surface area (Å²) in [7, 11) is 1.81. The number of aromatic nitrogens is 5. The second-order valence-corrected chi connectivity index (χ2v) is 7.34. The van der Waals surface area contributed by atoms with Crippen LogP contribution in [0.3, 0.4) is 0 Å². The number of rotatable bonds is 3. The molecule has 0 bridgehead atoms. The van der Waals surface area contributed by atoms with Crippen molar-refractivity contribution >= 4 is 5.91 Å². The number of hydrogen-bond acceptors (Lipinski definition) is 6. The van der Waals surface area contributed by atoms with Crippen LogP contribution in [0.2, 0.25) is 0 Å². The Hall–Kier alpha value is -3.03. The predicted octanol–water partition coefficient (Wildman–Crippen LogP) is 3.16. The zero-order valence-electron chi connectivity index (χ0n) is 16.6. The Morgan fingerprint density at radius 2 is 2.04 bits per heavy atom. The average Bonchev–Trinajstić information content (AvgIpc) is 3.26. The van der Waals surface area contributed by atoms with Gasteiger partial charge in [0.05, 0.1) is 23.0 Å². The lowest BCUT2D eigenvalue weighted by molar-refractivity contribution is 0.0599. The Labute approximate surface area is 163 Å². The topological polar surface area (TPSA) is 89.9 Å². The van der Waals surface area contributed by atoms with Crippen molar-refractivity contribution in [3.05, 3.63) is 46.9 Å². The third kappa shape index (κ3) is 3.30. The molecule has 1 fully saturated rings. The molecule has 1 aliphatic heterocycles. The summed E-state index contributed by atoms with van der Waals surface area (Å²) in [6.07, 6.45) is 4.70. The molecule has 3 aromatic heterocycles. The molecule has 1 aliphatic rings. The summed E-state index contributed by atoms with van der Waals surface area (Å²) in [6.45, 7) is 6.39. The van der Waals surface area contributed by atoms with Crippen LogP contribution in [-0.4, -0.2) is 42.3 Å². The van der Waals surface area contributed by atoms with Gasteiger partial charge in [-0.25, -0.2) is 9.97 Å². The Kier molecular flexibility index (Phi) is 4.70. The van der Waals surface area contributed by atoms with Crippen molar-refractivity contribution in [2.45, 2.75) is 46.1 Å². The number of amides is 1. The van der Waals surface area contributed by atoms with Gasteiger partial charge < -0.3 is 9.42 Å². The second-order valence-electron chi connectivity index (χ2n) is 7.34. The lowest BCUT2D eigenvalue weighted by atomic mass is 9.98. The fourth-order valence-electron chi connectivity index (χ4n) is 3.84. The second kappa shape index (κ2) is 7.18. The molecule has 1 amide bonds. The first-order valence-corrected chi connectivity index (χ1v) is 9.53. The van der Waals surface area contributed by atoms with Gasteiger partial charge >= 0.3 is 0 Å². The average molecular weight is 380 g/mol. The molecule has 4 rings (SSSR count). The van der Waals surface area contributed by atoms with Gasteiger partial charge in [0.25, 0.3) is 5.91 Å². The summed E-state index contributed by atoms with van der Waals surface area (Å²) in [6, 6.07) is 3.63. The standard InChI is InChI=1S/C20H24N6O2/c1-12-11-16(22-19(21-12)18-13(2)24-28-14(18)3)17-7-5-6-9-26(17)20(27)15-8-10-25(4)23-15/h8,10-11,17H,5-7,9H2,1-4H3/t17-/m0/s1. The fraction of sp³-hybridized carbons (Fsp3) is 0.450. The van der Waals surface area contributed by atoms with E-state index in [2.05, 4.69) is 15.2 Å². The predicted molar refractivity (Wildman–Crippen MR) is 103 cm³/mol. The molecule has 0 spiro atoms. The summed E-state index contributed by atoms with van der Waals surface area (Å²) in [5.74, 6) is 1.24. The molecule has 0 unspecified atom stereocenters. The summed E-state index contributed by atoms with van der Waals surface area (Å²) in [4.78, 5) is 24.4. The summed E-state index contributed by atoms with van der Waals surface area (Å²) in [5.41, 5.74) is 3.76. The SMILES string of the molecule is Cc1cc([C@@H]2CCCCN2C(=O)c2ccn(C)n2)nc(-c2c(C)noc2C)n1. The van der Waals surface area contributed by atoms with Crippen LogP contribution in [0.25, 0.3) is 11.4 Å². The van der Waals surface area contributed by atoms with Crippen molar-refractivity contribution in [2.75, 3.05) is 6.54 Å². The highest BCUT2D eigenvalue weighted by Gasteiger charge is 2.31. The first-order chi connectivity index (χ1) is 13.4. The van der Waals surface area contributed by atoms with Crippen molar-refractivity contribution < 1.29 is 9.32 Å². The molecular weight excluding hydrogens is 356 g/mol. The molecule has 3 aromatic rings. The number of aryl methyl sites for hydroxylation is 4. The number of carbonyl (C=O) groups is 1. The van der Waals surface area contributed by atoms with Gasteiger partial charge in [-0.05, 0) is 52.2 Å². The minimum absolute atomic E-state index is 0.0551. The summed E-state index contributed by atoms with van der Waals surface area (Å²) in [5, 5.41) is 8.30. The molecule has 8 nitrogen and oxygen atoms in total. The number of hydrogen-bond donors (Lipinski definition) is 0. The van der Waals surface area contributed by atoms with Crippen LogP contribution in [0.1, 0.15) is 58.6 Å². The zero-order chi connectivity index (χ0) is 19.8. The Balaban J connectivity index is 1.73. The van der Waals surface area contributed by atoms with Gasteiger partial charge in [0.2, 0.25) is 0 Å². The van der Waals surface area contributed by atoms with Gasteiger partial charge in [-0.3, -0.25) is 9.48 Å². The minimum Gasteiger partial charge on any atom is -0.361 e. The van der Waals surface area contributed by atoms with Crippen molar-refractivity contribution in [1.82, 2.24) is 29.8 Å². The van der Waals surface area contributed by atoms with Crippen LogP contribution < -0.4 is 0 Å². The van der Waals surface area contributed by atoms with E-state index in [1.165, 1.54) is 0 Å². The summed E-state index contributed by atoms with van der Waals surface area (Å²) >= 11 is 0. The number of piperidine rings is 1. The molecule has 4 heterocycles. The van der Waals surface area contributed by atoms with Crippen molar-refractivity contribution in [3.8, 4) is 11.4 Å². The molecule has 0 N–H and O–H groups in total. The maximum absolute atomic E-state index is 13.1. The first kappa shape index (κ1) is 18.3. The zero-order valence-corrected chi connectivity index (χ0v) is 16.6. The van der Waals surface area contributed by atoms with Gasteiger partial charge in [0.1, 0.15) is 11.5 Å². The van der Waals surface area contributed by atoms with E-state index >= 15 is 0 Å². The molecule has 1 saturated heterocycles. The van der Waals surface area contributed by atoms with Crippen LogP contribution in [0.15, 0.2) is 22.9 Å². The lowest BCUT2D eigenvalue weighted by Crippen LogP contribution is -2.39. The van der Waals surface area contributed by atoms with Crippen LogP contribution in [0.4, 0.5) is 0 Å². The molecule has 0 saturated carbocycles. The van der Waals surface area contributed by atoms with Gasteiger partial charge in [-0.15, -0.1) is 0 Å². The molecule has 0 radical (unpaired) electrons. The fourth-order valence-corrected chi connectivity index (χ4v) is 3.84. The van der Waals surface area contributed by atoms with E-state index in [0.717, 1.165) is 41.9 Å². The minimum atomic E-state index is -0.0934. The van der Waals surface area contributed by atoms with Crippen molar-refractivity contribution in [2.24, 2.45) is 7.05 Å². The maximum atomic E-state index is 13.1. The van der Waals surface area contributed by atoms with Crippen molar-refractivity contribution in [3.63, 3.8) is 0 Å². The van der Waals surface area contributed by atoms with E-state index in [4.69, 9.17) is 9.51 Å². The lowest BCUT2D eigenvalue weighted by Gasteiger charge is -2.35. The van der Waals surface area contributed by atoms with Crippen LogP contribution in [0, 0.1) is 20.8 Å². The number of likely N-dealkylation sites (tertiary alicyclic amines) is 1. The molecule has 0 aliphatic carbocycles. The maximum Gasteiger partial charge on any atom is 0.274 e. The highest BCUT2D eigenvalue weighted by atomic mass is 16.5. The number of nitrogens with zero attached hydrogens (tertiary/aromatic N) is 6. The highest BCUT2D eigenvalue weighted by Crippen LogP contribution is 2.33. The third-order valence-corrected chi connectivity index (χ3v) is 5.17. The van der Waals surface area contributed by atoms with Crippen molar-refractivity contribution in [1.29, 1.82) is 0 Å². The third-order valence-electron chi connectivity index (χ3n) is 5.17. The Morgan fingerprint density at radius 1 is 1.21 bits per heavy atom. The summed E-state index contributed by atoms with van der Waals surface area (Å²) < 4.78 is 6.94. The van der Waals surface area contributed by atoms with Gasteiger partial charge in [0, 0.05) is 25.5 Å². The van der Waals surface area contributed by atoms with Gasteiger partial charge in [-0.1, -0.05) is 5.16 Å². The van der Waals surface area contributed by atoms with E-state index < -0.39 is 0 Å². The van der Waals surface area contributed by atoms with Crippen LogP contribution >= 0.6 is 0 Å². The van der Waals surface area contributed by atoms with Crippen LogP contribution in [-0.2, 0) is 7.05 Å². The molecule has 8 heteroatoms. The van der Waals surface area contributed by atoms with Gasteiger partial charge in [0.15, 0.2) is 5.82 Å². The van der Waals surface area contributed by atoms with E-state index in [1.54, 1.807) is 16.9 Å². The van der Waals surface area contributed by atoms with Crippen LogP contribution in [0.5, 0.6) is 0 Å². The first-order valence-electron chi connectivity index (χ1n) is 9.53. The molecule has 1 atom stereocenters. The quantitative estimate of drug-likeness (QED) is 0.693. The van der Waals surface area contributed by atoms with E-state index in [1.807, 2.05) is 38.8 Å². The molecule has 28 heavy (non-hydrogen) atoms. The van der Waals surface area contributed by atoms with E-state index in [9.17, 15) is 4.79 Å². The molecular formula is C20H24N6O2. The van der Waals surface area contributed by atoms with Gasteiger partial charge in [-0.2, -0.15) is 5.10 Å². The largest absolute Gasteiger partial charge is 0.361 e. The highest BCUT2D eigenvalue weighted by molar-refractivity contribution is 5.92. The molecule has 146 valence electrons. The van der Waals surface area contributed by atoms with E-state index in [-0.39, 0.29) is 11.9 Å². The number of carbonyl (C=O) groups excluding carboxylic acids is 1. The smallest absolute Gasteiger partial charge is 0.274 e. The van der Waals surface area contributed by atoms with E-state index in [0.29, 0.717) is 23.8 Å². The Bertz CT molecular complexity index is 1000. The Morgan fingerprint density at radius 3 is 2.71 bits per heavy atom.